The fourth-order valence-corrected chi connectivity index (χ4v) is 2.19. The molecule has 0 bridgehead atoms. The molecule has 0 aliphatic carbocycles. The maximum atomic E-state index is 12.5. The van der Waals surface area contributed by atoms with Crippen LogP contribution in [0.3, 0.4) is 0 Å². The van der Waals surface area contributed by atoms with Gasteiger partial charge in [-0.25, -0.2) is 0 Å². The van der Waals surface area contributed by atoms with Crippen LogP contribution in [0.1, 0.15) is 26.3 Å². The number of amides is 1. The lowest BCUT2D eigenvalue weighted by atomic mass is 10.0. The molecule has 1 aromatic carbocycles. The van der Waals surface area contributed by atoms with E-state index >= 15 is 0 Å². The number of ketones is 1. The van der Waals surface area contributed by atoms with Gasteiger partial charge >= 0.3 is 0 Å². The predicted octanol–water partition coefficient (Wildman–Crippen LogP) is 3.46. The Morgan fingerprint density at radius 1 is 1.10 bits per heavy atom. The minimum absolute atomic E-state index is 0.0313. The van der Waals surface area contributed by atoms with Crippen molar-refractivity contribution in [2.75, 3.05) is 0 Å². The Hall–Kier alpha value is -2.47. The summed E-state index contributed by atoms with van der Waals surface area (Å²) < 4.78 is 0. The highest BCUT2D eigenvalue weighted by molar-refractivity contribution is 6.41. The highest BCUT2D eigenvalue weighted by Gasteiger charge is 2.22. The molecule has 1 aromatic heterocycles. The predicted molar refractivity (Wildman–Crippen MR) is 75.4 cm³/mol. The molecule has 0 spiro atoms. The minimum atomic E-state index is -0.945. The number of carbonyl (C=O) groups is 2. The number of hydrogen-bond acceptors (Lipinski definition) is 4. The van der Waals surface area contributed by atoms with E-state index in [1.54, 1.807) is 6.07 Å². The van der Waals surface area contributed by atoms with E-state index in [4.69, 9.17) is 28.7 Å². The maximum absolute atomic E-state index is 12.5. The van der Waals surface area contributed by atoms with Gasteiger partial charge in [-0.3, -0.25) is 9.59 Å². The summed E-state index contributed by atoms with van der Waals surface area (Å²) in [5.41, 5.74) is 8.06. The molecule has 2 aromatic rings. The molecule has 104 valence electrons. The molecule has 1 heterocycles. The van der Waals surface area contributed by atoms with Crippen LogP contribution in [0.25, 0.3) is 10.4 Å². The van der Waals surface area contributed by atoms with Crippen LogP contribution in [0.5, 0.6) is 0 Å². The van der Waals surface area contributed by atoms with E-state index in [9.17, 15) is 9.59 Å². The molecule has 0 aliphatic rings. The number of carbonyl (C=O) groups excluding carboxylic acids is 2. The lowest BCUT2D eigenvalue weighted by Crippen LogP contribution is -2.11. The number of azide groups is 1. The van der Waals surface area contributed by atoms with E-state index < -0.39 is 11.7 Å². The van der Waals surface area contributed by atoms with Crippen molar-refractivity contribution in [3.63, 3.8) is 0 Å². The standard InChI is InChI=1S/C12H5Cl2N5O2/c13-8-2-1-3-9(14)10(8)11(20)6-4-16-17-5-7(6)12(21)18-19-15/h1-5H. The van der Waals surface area contributed by atoms with Crippen molar-refractivity contribution >= 4 is 34.9 Å². The van der Waals surface area contributed by atoms with Gasteiger partial charge in [-0.15, -0.1) is 0 Å². The summed E-state index contributed by atoms with van der Waals surface area (Å²) in [4.78, 5) is 26.5. The second-order valence-corrected chi connectivity index (χ2v) is 4.55. The molecule has 0 aliphatic heterocycles. The Balaban J connectivity index is 2.60. The normalized spacial score (nSPS) is 9.81. The minimum Gasteiger partial charge on any atom is -0.288 e. The van der Waals surface area contributed by atoms with Crippen LogP contribution in [0.15, 0.2) is 35.7 Å². The summed E-state index contributed by atoms with van der Waals surface area (Å²) in [7, 11) is 0. The Morgan fingerprint density at radius 2 is 1.67 bits per heavy atom. The van der Waals surface area contributed by atoms with E-state index in [1.165, 1.54) is 12.1 Å². The zero-order valence-corrected chi connectivity index (χ0v) is 11.7. The molecule has 1 amide bonds. The van der Waals surface area contributed by atoms with Gasteiger partial charge < -0.3 is 0 Å². The first-order chi connectivity index (χ1) is 10.1. The van der Waals surface area contributed by atoms with Crippen LogP contribution in [0, 0.1) is 0 Å². The zero-order valence-electron chi connectivity index (χ0n) is 10.2. The zero-order chi connectivity index (χ0) is 15.4. The summed E-state index contributed by atoms with van der Waals surface area (Å²) in [6.45, 7) is 0. The van der Waals surface area contributed by atoms with E-state index in [1.807, 2.05) is 0 Å². The molecule has 0 saturated heterocycles. The molecule has 0 radical (unpaired) electrons. The average Bonchev–Trinajstić information content (AvgIpc) is 2.47. The molecule has 0 atom stereocenters. The number of nitrogens with zero attached hydrogens (tertiary/aromatic N) is 5. The first-order valence-electron chi connectivity index (χ1n) is 5.45. The molecule has 7 nitrogen and oxygen atoms in total. The van der Waals surface area contributed by atoms with Crippen molar-refractivity contribution in [3.8, 4) is 0 Å². The SMILES string of the molecule is [N-]=[N+]=NC(=O)c1cnncc1C(=O)c1c(Cl)cccc1Cl. The molecule has 0 unspecified atom stereocenters. The summed E-state index contributed by atoms with van der Waals surface area (Å²) >= 11 is 11.9. The summed E-state index contributed by atoms with van der Waals surface area (Å²) in [5, 5.41) is 10.2. The van der Waals surface area contributed by atoms with Crippen molar-refractivity contribution in [2.24, 2.45) is 5.11 Å². The van der Waals surface area contributed by atoms with Crippen LogP contribution in [-0.4, -0.2) is 21.9 Å². The molecule has 0 N–H and O–H groups in total. The third-order valence-corrected chi connectivity index (χ3v) is 3.16. The van der Waals surface area contributed by atoms with Crippen LogP contribution in [0.2, 0.25) is 10.0 Å². The van der Waals surface area contributed by atoms with Crippen LogP contribution in [0.4, 0.5) is 0 Å². The molecule has 2 rings (SSSR count). The second-order valence-electron chi connectivity index (χ2n) is 3.74. The second kappa shape index (κ2) is 6.32. The van der Waals surface area contributed by atoms with Gasteiger partial charge in [0.25, 0.3) is 5.91 Å². The van der Waals surface area contributed by atoms with Gasteiger partial charge in [0.15, 0.2) is 5.78 Å². The molecule has 21 heavy (non-hydrogen) atoms. The van der Waals surface area contributed by atoms with E-state index in [0.717, 1.165) is 12.4 Å². The Morgan fingerprint density at radius 3 is 2.24 bits per heavy atom. The number of benzene rings is 1. The molecular weight excluding hydrogens is 317 g/mol. The van der Waals surface area contributed by atoms with Crippen LogP contribution >= 0.6 is 23.2 Å². The summed E-state index contributed by atoms with van der Waals surface area (Å²) in [6, 6.07) is 4.56. The van der Waals surface area contributed by atoms with Crippen LogP contribution < -0.4 is 0 Å². The van der Waals surface area contributed by atoms with Gasteiger partial charge in [0.1, 0.15) is 0 Å². The Kier molecular flexibility index (Phi) is 4.49. The smallest absolute Gasteiger partial charge is 0.251 e. The molecular formula is C12H5Cl2N5O2. The molecule has 0 fully saturated rings. The van der Waals surface area contributed by atoms with Gasteiger partial charge in [-0.05, 0) is 22.8 Å². The number of rotatable bonds is 3. The van der Waals surface area contributed by atoms with Crippen molar-refractivity contribution in [2.45, 2.75) is 0 Å². The fraction of sp³-hybridized carbons (Fsp3) is 0. The molecule has 9 heteroatoms. The lowest BCUT2D eigenvalue weighted by molar-refractivity contribution is 0.0980. The highest BCUT2D eigenvalue weighted by Crippen LogP contribution is 2.27. The van der Waals surface area contributed by atoms with Gasteiger partial charge in [-0.2, -0.15) is 10.2 Å². The lowest BCUT2D eigenvalue weighted by Gasteiger charge is -2.07. The Labute approximate surface area is 128 Å². The number of hydrogen-bond donors (Lipinski definition) is 0. The fourth-order valence-electron chi connectivity index (χ4n) is 1.62. The van der Waals surface area contributed by atoms with Crippen molar-refractivity contribution in [3.05, 3.63) is 67.8 Å². The summed E-state index contributed by atoms with van der Waals surface area (Å²) in [6.07, 6.45) is 2.12. The van der Waals surface area contributed by atoms with Gasteiger partial charge in [-0.1, -0.05) is 29.3 Å². The number of aromatic nitrogens is 2. The van der Waals surface area contributed by atoms with Crippen molar-refractivity contribution < 1.29 is 9.59 Å². The quantitative estimate of drug-likeness (QED) is 0.373. The van der Waals surface area contributed by atoms with Gasteiger partial charge in [0.05, 0.1) is 39.1 Å². The average molecular weight is 322 g/mol. The highest BCUT2D eigenvalue weighted by atomic mass is 35.5. The Bertz CT molecular complexity index is 767. The monoisotopic (exact) mass is 321 g/mol. The van der Waals surface area contributed by atoms with Gasteiger partial charge in [0, 0.05) is 4.91 Å². The first-order valence-corrected chi connectivity index (χ1v) is 6.20. The van der Waals surface area contributed by atoms with Crippen LogP contribution in [-0.2, 0) is 0 Å². The third kappa shape index (κ3) is 3.00. The van der Waals surface area contributed by atoms with E-state index in [-0.39, 0.29) is 26.7 Å². The summed E-state index contributed by atoms with van der Waals surface area (Å²) in [5.74, 6) is -1.56. The first kappa shape index (κ1) is 14.9. The van der Waals surface area contributed by atoms with Crippen molar-refractivity contribution in [1.29, 1.82) is 0 Å². The van der Waals surface area contributed by atoms with Gasteiger partial charge in [0.2, 0.25) is 0 Å². The van der Waals surface area contributed by atoms with E-state index in [2.05, 4.69) is 20.2 Å². The van der Waals surface area contributed by atoms with E-state index in [0.29, 0.717) is 0 Å². The topological polar surface area (TPSA) is 109 Å². The maximum Gasteiger partial charge on any atom is 0.251 e. The number of halogens is 2. The molecule has 0 saturated carbocycles. The largest absolute Gasteiger partial charge is 0.288 e. The van der Waals surface area contributed by atoms with Crippen molar-refractivity contribution in [1.82, 2.24) is 10.2 Å². The third-order valence-electron chi connectivity index (χ3n) is 2.53.